The van der Waals surface area contributed by atoms with Crippen LogP contribution in [0, 0.1) is 3.57 Å². The molecule has 0 unspecified atom stereocenters. The van der Waals surface area contributed by atoms with Gasteiger partial charge in [-0.2, -0.15) is 13.2 Å². The largest absolute Gasteiger partial charge is 0.491 e. The molecule has 0 N–H and O–H groups in total. The van der Waals surface area contributed by atoms with Crippen LogP contribution in [-0.2, 0) is 6.18 Å². The van der Waals surface area contributed by atoms with Crippen molar-refractivity contribution in [3.05, 3.63) is 21.5 Å². The van der Waals surface area contributed by atoms with E-state index >= 15 is 0 Å². The van der Waals surface area contributed by atoms with Gasteiger partial charge >= 0.3 is 6.18 Å². The third kappa shape index (κ3) is 2.49. The molecule has 0 aromatic carbocycles. The van der Waals surface area contributed by atoms with Crippen molar-refractivity contribution in [2.45, 2.75) is 13.1 Å². The van der Waals surface area contributed by atoms with E-state index in [1.807, 2.05) is 0 Å². The lowest BCUT2D eigenvalue weighted by atomic mass is 10.3. The Morgan fingerprint density at radius 1 is 1.43 bits per heavy atom. The quantitative estimate of drug-likeness (QED) is 0.782. The lowest BCUT2D eigenvalue weighted by Gasteiger charge is -2.11. The molecule has 78 valence electrons. The summed E-state index contributed by atoms with van der Waals surface area (Å²) in [6, 6.07) is 0. The summed E-state index contributed by atoms with van der Waals surface area (Å²) in [6.45, 7) is 2.02. The summed E-state index contributed by atoms with van der Waals surface area (Å²) in [5.41, 5.74) is -0.760. The van der Waals surface area contributed by atoms with Gasteiger partial charge in [0.15, 0.2) is 5.75 Å². The van der Waals surface area contributed by atoms with E-state index in [4.69, 9.17) is 4.74 Å². The molecular formula is C8H7F3INO. The van der Waals surface area contributed by atoms with Crippen LogP contribution in [0.25, 0.3) is 0 Å². The second kappa shape index (κ2) is 4.33. The van der Waals surface area contributed by atoms with Gasteiger partial charge in [-0.25, -0.2) is 0 Å². The van der Waals surface area contributed by atoms with Gasteiger partial charge < -0.3 is 4.74 Å². The summed E-state index contributed by atoms with van der Waals surface area (Å²) < 4.78 is 42.2. The summed E-state index contributed by atoms with van der Waals surface area (Å²) in [6.07, 6.45) is -2.30. The molecule has 0 amide bonds. The molecule has 0 aliphatic carbocycles. The number of pyridine rings is 1. The van der Waals surface area contributed by atoms with Crippen LogP contribution in [0.4, 0.5) is 13.2 Å². The number of nitrogens with zero attached hydrogens (tertiary/aromatic N) is 1. The zero-order chi connectivity index (χ0) is 10.8. The molecule has 1 heterocycles. The third-order valence-corrected chi connectivity index (χ3v) is 2.57. The number of aromatic nitrogens is 1. The zero-order valence-electron chi connectivity index (χ0n) is 7.23. The molecule has 0 atom stereocenters. The van der Waals surface area contributed by atoms with Crippen LogP contribution in [0.5, 0.6) is 5.75 Å². The molecule has 0 radical (unpaired) electrons. The molecule has 0 aliphatic rings. The van der Waals surface area contributed by atoms with E-state index in [0.717, 1.165) is 6.20 Å². The van der Waals surface area contributed by atoms with Gasteiger partial charge in [-0.3, -0.25) is 4.98 Å². The lowest BCUT2D eigenvalue weighted by Crippen LogP contribution is -2.09. The van der Waals surface area contributed by atoms with E-state index in [1.54, 1.807) is 29.5 Å². The first kappa shape index (κ1) is 11.5. The van der Waals surface area contributed by atoms with E-state index < -0.39 is 11.7 Å². The Bertz CT molecular complexity index is 327. The maximum absolute atomic E-state index is 12.4. The van der Waals surface area contributed by atoms with Crippen LogP contribution in [0.15, 0.2) is 12.4 Å². The molecule has 0 bridgehead atoms. The third-order valence-electron chi connectivity index (χ3n) is 1.45. The van der Waals surface area contributed by atoms with Crippen molar-refractivity contribution < 1.29 is 17.9 Å². The summed E-state index contributed by atoms with van der Waals surface area (Å²) in [5, 5.41) is 0. The summed E-state index contributed by atoms with van der Waals surface area (Å²) in [5.74, 6) is 0.169. The van der Waals surface area contributed by atoms with Crippen LogP contribution in [0.2, 0.25) is 0 Å². The lowest BCUT2D eigenvalue weighted by molar-refractivity contribution is -0.138. The first-order chi connectivity index (χ1) is 6.46. The van der Waals surface area contributed by atoms with Crippen molar-refractivity contribution in [2.24, 2.45) is 0 Å². The molecule has 0 aliphatic heterocycles. The fraction of sp³-hybridized carbons (Fsp3) is 0.375. The number of rotatable bonds is 2. The fourth-order valence-electron chi connectivity index (χ4n) is 0.879. The number of ether oxygens (including phenoxy) is 1. The van der Waals surface area contributed by atoms with Crippen molar-refractivity contribution in [3.63, 3.8) is 0 Å². The van der Waals surface area contributed by atoms with E-state index in [-0.39, 0.29) is 9.32 Å². The molecule has 2 nitrogen and oxygen atoms in total. The van der Waals surface area contributed by atoms with Gasteiger partial charge in [0.05, 0.1) is 21.9 Å². The smallest absolute Gasteiger partial charge is 0.419 e. The molecule has 1 rings (SSSR count). The van der Waals surface area contributed by atoms with Crippen molar-refractivity contribution in [3.8, 4) is 5.75 Å². The van der Waals surface area contributed by atoms with Gasteiger partial charge in [0.1, 0.15) is 0 Å². The van der Waals surface area contributed by atoms with Crippen LogP contribution < -0.4 is 4.74 Å². The van der Waals surface area contributed by atoms with Crippen molar-refractivity contribution in [1.29, 1.82) is 0 Å². The second-order valence-electron chi connectivity index (χ2n) is 2.43. The fourth-order valence-corrected chi connectivity index (χ4v) is 1.62. The van der Waals surface area contributed by atoms with Gasteiger partial charge in [-0.15, -0.1) is 0 Å². The molecular weight excluding hydrogens is 310 g/mol. The Morgan fingerprint density at radius 2 is 2.07 bits per heavy atom. The minimum absolute atomic E-state index is 0.0481. The van der Waals surface area contributed by atoms with E-state index in [1.165, 1.54) is 6.20 Å². The maximum Gasteiger partial charge on any atom is 0.419 e. The molecule has 1 aromatic heterocycles. The predicted molar refractivity (Wildman–Crippen MR) is 53.1 cm³/mol. The monoisotopic (exact) mass is 317 g/mol. The Hall–Kier alpha value is -0.530. The Labute approximate surface area is 92.6 Å². The highest BCUT2D eigenvalue weighted by Crippen LogP contribution is 2.35. The van der Waals surface area contributed by atoms with E-state index in [2.05, 4.69) is 4.98 Å². The van der Waals surface area contributed by atoms with E-state index in [0.29, 0.717) is 6.61 Å². The van der Waals surface area contributed by atoms with Gasteiger partial charge in [0.25, 0.3) is 0 Å². The molecule has 1 aromatic rings. The summed E-state index contributed by atoms with van der Waals surface area (Å²) >= 11 is 1.60. The topological polar surface area (TPSA) is 22.1 Å². The van der Waals surface area contributed by atoms with Gasteiger partial charge in [-0.1, -0.05) is 0 Å². The van der Waals surface area contributed by atoms with Crippen LogP contribution in [0.1, 0.15) is 12.5 Å². The predicted octanol–water partition coefficient (Wildman–Crippen LogP) is 3.10. The standard InChI is InChI=1S/C8H7F3INO/c1-2-14-6-4-13-3-5(7(6)12)8(9,10)11/h3-4H,2H2,1H3. The summed E-state index contributed by atoms with van der Waals surface area (Å²) in [4.78, 5) is 3.48. The first-order valence-electron chi connectivity index (χ1n) is 3.80. The Kier molecular flexibility index (Phi) is 3.57. The van der Waals surface area contributed by atoms with Crippen LogP contribution in [0.3, 0.4) is 0 Å². The van der Waals surface area contributed by atoms with Crippen molar-refractivity contribution >= 4 is 22.6 Å². The minimum atomic E-state index is -4.38. The first-order valence-corrected chi connectivity index (χ1v) is 4.88. The highest BCUT2D eigenvalue weighted by Gasteiger charge is 2.34. The van der Waals surface area contributed by atoms with Crippen LogP contribution in [-0.4, -0.2) is 11.6 Å². The zero-order valence-corrected chi connectivity index (χ0v) is 9.39. The molecule has 0 spiro atoms. The average molecular weight is 317 g/mol. The average Bonchev–Trinajstić information content (AvgIpc) is 2.07. The molecule has 0 saturated carbocycles. The van der Waals surface area contributed by atoms with Gasteiger partial charge in [-0.05, 0) is 29.5 Å². The Morgan fingerprint density at radius 3 is 2.57 bits per heavy atom. The SMILES string of the molecule is CCOc1cncc(C(F)(F)F)c1I. The Balaban J connectivity index is 3.14. The number of halogens is 4. The number of alkyl halides is 3. The highest BCUT2D eigenvalue weighted by atomic mass is 127. The molecule has 14 heavy (non-hydrogen) atoms. The minimum Gasteiger partial charge on any atom is -0.491 e. The van der Waals surface area contributed by atoms with Crippen molar-refractivity contribution in [2.75, 3.05) is 6.61 Å². The normalized spacial score (nSPS) is 11.5. The van der Waals surface area contributed by atoms with Gasteiger partial charge in [0, 0.05) is 6.20 Å². The highest BCUT2D eigenvalue weighted by molar-refractivity contribution is 14.1. The van der Waals surface area contributed by atoms with Crippen molar-refractivity contribution in [1.82, 2.24) is 4.98 Å². The van der Waals surface area contributed by atoms with Crippen LogP contribution >= 0.6 is 22.6 Å². The second-order valence-corrected chi connectivity index (χ2v) is 3.51. The molecule has 0 saturated heterocycles. The molecule has 6 heteroatoms. The van der Waals surface area contributed by atoms with Gasteiger partial charge in [0.2, 0.25) is 0 Å². The maximum atomic E-state index is 12.4. The molecule has 0 fully saturated rings. The van der Waals surface area contributed by atoms with E-state index in [9.17, 15) is 13.2 Å². The number of hydrogen-bond donors (Lipinski definition) is 0. The number of hydrogen-bond acceptors (Lipinski definition) is 2. The summed E-state index contributed by atoms with van der Waals surface area (Å²) in [7, 11) is 0.